The first-order chi connectivity index (χ1) is 9.26. The molecule has 0 saturated carbocycles. The lowest BCUT2D eigenvalue weighted by Crippen LogP contribution is -2.46. The van der Waals surface area contributed by atoms with Gasteiger partial charge in [0.2, 0.25) is 5.91 Å². The molecule has 1 aliphatic rings. The first kappa shape index (κ1) is 15.9. The summed E-state index contributed by atoms with van der Waals surface area (Å²) in [6, 6.07) is 1.85. The summed E-state index contributed by atoms with van der Waals surface area (Å²) in [4.78, 5) is 16.1. The number of rotatable bonds is 8. The molecule has 1 rings (SSSR count). The molecule has 0 atom stereocenters. The Morgan fingerprint density at radius 1 is 1.16 bits per heavy atom. The van der Waals surface area contributed by atoms with Crippen molar-refractivity contribution < 1.29 is 4.79 Å². The third-order valence-corrected chi connectivity index (χ3v) is 3.63. The number of nitrogens with zero attached hydrogens (tertiary/aromatic N) is 3. The highest BCUT2D eigenvalue weighted by Crippen LogP contribution is 2.04. The molecule has 108 valence electrons. The van der Waals surface area contributed by atoms with Crippen molar-refractivity contribution in [1.82, 2.24) is 15.1 Å². The van der Waals surface area contributed by atoms with E-state index in [4.69, 9.17) is 5.26 Å². The van der Waals surface area contributed by atoms with Crippen molar-refractivity contribution in [3.63, 3.8) is 0 Å². The van der Waals surface area contributed by atoms with E-state index in [2.05, 4.69) is 22.0 Å². The summed E-state index contributed by atoms with van der Waals surface area (Å²) in [5, 5.41) is 11.1. The molecule has 1 amide bonds. The van der Waals surface area contributed by atoms with Gasteiger partial charge in [-0.25, -0.2) is 0 Å². The summed E-state index contributed by atoms with van der Waals surface area (Å²) in [7, 11) is 0. The number of carbonyl (C=O) groups is 1. The number of nitriles is 1. The number of amides is 1. The Labute approximate surface area is 116 Å². The van der Waals surface area contributed by atoms with Crippen molar-refractivity contribution in [1.29, 1.82) is 5.26 Å². The molecule has 0 aromatic rings. The highest BCUT2D eigenvalue weighted by molar-refractivity contribution is 5.77. The molecule has 0 unspecified atom stereocenters. The maximum atomic E-state index is 11.0. The maximum absolute atomic E-state index is 11.0. The van der Waals surface area contributed by atoms with Gasteiger partial charge in [-0.3, -0.25) is 4.79 Å². The Kier molecular flexibility index (Phi) is 8.19. The Balaban J connectivity index is 1.91. The van der Waals surface area contributed by atoms with Gasteiger partial charge in [-0.1, -0.05) is 13.3 Å². The van der Waals surface area contributed by atoms with Crippen molar-refractivity contribution in [2.75, 3.05) is 45.8 Å². The molecular weight excluding hydrogens is 240 g/mol. The minimum absolute atomic E-state index is 0.0261. The summed E-state index contributed by atoms with van der Waals surface area (Å²) in [6.07, 6.45) is 3.31. The lowest BCUT2D eigenvalue weighted by Gasteiger charge is -2.33. The van der Waals surface area contributed by atoms with Crippen LogP contribution in [0.3, 0.4) is 0 Å². The number of nitrogens with one attached hydrogen (secondary N) is 1. The number of likely N-dealkylation sites (N-methyl/N-ethyl adjacent to an activating group) is 1. The van der Waals surface area contributed by atoms with Gasteiger partial charge in [0.15, 0.2) is 0 Å². The molecule has 0 spiro atoms. The van der Waals surface area contributed by atoms with Crippen molar-refractivity contribution in [3.05, 3.63) is 0 Å². The normalized spacial score (nSPS) is 17.1. The SMILES string of the molecule is CCN1CCN(CCCCCNC(=O)CC#N)CC1. The number of hydrogen-bond donors (Lipinski definition) is 1. The second-order valence-electron chi connectivity index (χ2n) is 5.02. The van der Waals surface area contributed by atoms with Crippen LogP contribution in [0.2, 0.25) is 0 Å². The average molecular weight is 266 g/mol. The number of unbranched alkanes of at least 4 members (excludes halogenated alkanes) is 2. The summed E-state index contributed by atoms with van der Waals surface area (Å²) < 4.78 is 0. The second-order valence-corrected chi connectivity index (χ2v) is 5.02. The highest BCUT2D eigenvalue weighted by Gasteiger charge is 2.14. The van der Waals surface area contributed by atoms with Gasteiger partial charge in [0.25, 0.3) is 0 Å². The van der Waals surface area contributed by atoms with E-state index >= 15 is 0 Å². The molecule has 1 heterocycles. The van der Waals surface area contributed by atoms with Crippen LogP contribution >= 0.6 is 0 Å². The number of carbonyl (C=O) groups excluding carboxylic acids is 1. The fraction of sp³-hybridized carbons (Fsp3) is 0.857. The predicted molar refractivity (Wildman–Crippen MR) is 75.6 cm³/mol. The van der Waals surface area contributed by atoms with Crippen molar-refractivity contribution >= 4 is 5.91 Å². The quantitative estimate of drug-likeness (QED) is 0.661. The molecule has 1 fully saturated rings. The first-order valence-electron chi connectivity index (χ1n) is 7.34. The van der Waals surface area contributed by atoms with Gasteiger partial charge >= 0.3 is 0 Å². The topological polar surface area (TPSA) is 59.4 Å². The third-order valence-electron chi connectivity index (χ3n) is 3.63. The van der Waals surface area contributed by atoms with Crippen LogP contribution in [0.5, 0.6) is 0 Å². The Morgan fingerprint density at radius 2 is 1.84 bits per heavy atom. The van der Waals surface area contributed by atoms with Crippen LogP contribution in [-0.4, -0.2) is 61.5 Å². The predicted octanol–water partition coefficient (Wildman–Crippen LogP) is 0.824. The summed E-state index contributed by atoms with van der Waals surface area (Å²) in [6.45, 7) is 10.0. The molecule has 0 aliphatic carbocycles. The smallest absolute Gasteiger partial charge is 0.234 e. The number of hydrogen-bond acceptors (Lipinski definition) is 4. The fourth-order valence-corrected chi connectivity index (χ4v) is 2.33. The van der Waals surface area contributed by atoms with Gasteiger partial charge in [0.1, 0.15) is 6.42 Å². The lowest BCUT2D eigenvalue weighted by molar-refractivity contribution is -0.120. The van der Waals surface area contributed by atoms with E-state index in [1.54, 1.807) is 0 Å². The standard InChI is InChI=1S/C14H26N4O/c1-2-17-10-12-18(13-11-17)9-5-3-4-8-16-14(19)6-7-15/h2-6,8-13H2,1H3,(H,16,19). The van der Waals surface area contributed by atoms with E-state index in [-0.39, 0.29) is 12.3 Å². The molecule has 0 bridgehead atoms. The molecule has 5 nitrogen and oxygen atoms in total. The minimum Gasteiger partial charge on any atom is -0.355 e. The van der Waals surface area contributed by atoms with Crippen LogP contribution < -0.4 is 5.32 Å². The summed E-state index contributed by atoms with van der Waals surface area (Å²) in [5.74, 6) is -0.154. The van der Waals surface area contributed by atoms with Crippen molar-refractivity contribution in [2.24, 2.45) is 0 Å². The fourth-order valence-electron chi connectivity index (χ4n) is 2.33. The molecule has 0 radical (unpaired) electrons. The van der Waals surface area contributed by atoms with Crippen LogP contribution in [0, 0.1) is 11.3 Å². The molecule has 19 heavy (non-hydrogen) atoms. The Morgan fingerprint density at radius 3 is 2.47 bits per heavy atom. The average Bonchev–Trinajstić information content (AvgIpc) is 2.43. The molecular formula is C14H26N4O. The van der Waals surface area contributed by atoms with Gasteiger partial charge in [-0.2, -0.15) is 5.26 Å². The van der Waals surface area contributed by atoms with Crippen LogP contribution in [0.15, 0.2) is 0 Å². The van der Waals surface area contributed by atoms with Gasteiger partial charge < -0.3 is 15.1 Å². The molecule has 1 saturated heterocycles. The van der Waals surface area contributed by atoms with E-state index in [1.165, 1.54) is 39.1 Å². The molecule has 5 heteroatoms. The molecule has 1 N–H and O–H groups in total. The second kappa shape index (κ2) is 9.76. The van der Waals surface area contributed by atoms with Gasteiger partial charge in [-0.15, -0.1) is 0 Å². The van der Waals surface area contributed by atoms with Crippen LogP contribution in [0.4, 0.5) is 0 Å². The van der Waals surface area contributed by atoms with Gasteiger partial charge in [-0.05, 0) is 25.9 Å². The van der Waals surface area contributed by atoms with Gasteiger partial charge in [0.05, 0.1) is 6.07 Å². The summed E-state index contributed by atoms with van der Waals surface area (Å²) >= 11 is 0. The van der Waals surface area contributed by atoms with Gasteiger partial charge in [0, 0.05) is 32.7 Å². The van der Waals surface area contributed by atoms with E-state index in [0.29, 0.717) is 6.54 Å². The van der Waals surface area contributed by atoms with E-state index in [9.17, 15) is 4.79 Å². The minimum atomic E-state index is -0.154. The zero-order valence-corrected chi connectivity index (χ0v) is 12.0. The van der Waals surface area contributed by atoms with Crippen LogP contribution in [-0.2, 0) is 4.79 Å². The monoisotopic (exact) mass is 266 g/mol. The van der Waals surface area contributed by atoms with Crippen molar-refractivity contribution in [3.8, 4) is 6.07 Å². The first-order valence-corrected chi connectivity index (χ1v) is 7.34. The zero-order valence-electron chi connectivity index (χ0n) is 12.0. The van der Waals surface area contributed by atoms with Crippen LogP contribution in [0.1, 0.15) is 32.6 Å². The number of piperazine rings is 1. The summed E-state index contributed by atoms with van der Waals surface area (Å²) in [5.41, 5.74) is 0. The molecule has 1 aliphatic heterocycles. The van der Waals surface area contributed by atoms with Crippen LogP contribution in [0.25, 0.3) is 0 Å². The highest BCUT2D eigenvalue weighted by atomic mass is 16.1. The third kappa shape index (κ3) is 7.14. The van der Waals surface area contributed by atoms with E-state index in [1.807, 2.05) is 6.07 Å². The molecule has 0 aromatic heterocycles. The Hall–Kier alpha value is -1.12. The zero-order chi connectivity index (χ0) is 13.9. The lowest BCUT2D eigenvalue weighted by atomic mass is 10.2. The van der Waals surface area contributed by atoms with E-state index < -0.39 is 0 Å². The van der Waals surface area contributed by atoms with Crippen molar-refractivity contribution in [2.45, 2.75) is 32.6 Å². The maximum Gasteiger partial charge on any atom is 0.234 e. The Bertz CT molecular complexity index is 292. The van der Waals surface area contributed by atoms with E-state index in [0.717, 1.165) is 19.4 Å². The largest absolute Gasteiger partial charge is 0.355 e. The molecule has 0 aromatic carbocycles.